The van der Waals surface area contributed by atoms with Gasteiger partial charge in [-0.05, 0) is 5.56 Å². The molecule has 1 unspecified atom stereocenters. The molecular weight excluding hydrogens is 245 g/mol. The Balaban J connectivity index is 3.09. The van der Waals surface area contributed by atoms with Crippen molar-refractivity contribution in [2.45, 2.75) is 17.8 Å². The van der Waals surface area contributed by atoms with Crippen molar-refractivity contribution in [3.63, 3.8) is 0 Å². The van der Waals surface area contributed by atoms with Gasteiger partial charge in [0.05, 0.1) is 6.42 Å². The third-order valence-corrected chi connectivity index (χ3v) is 3.11. The average molecular weight is 254 g/mol. The van der Waals surface area contributed by atoms with E-state index in [1.54, 1.807) is 0 Å². The first kappa shape index (κ1) is 13.0. The lowest BCUT2D eigenvalue weighted by Crippen LogP contribution is -2.20. The van der Waals surface area contributed by atoms with Crippen molar-refractivity contribution in [2.24, 2.45) is 0 Å². The highest BCUT2D eigenvalue weighted by Crippen LogP contribution is 2.34. The van der Waals surface area contributed by atoms with E-state index in [1.807, 2.05) is 0 Å². The van der Waals surface area contributed by atoms with Gasteiger partial charge in [0, 0.05) is 0 Å². The van der Waals surface area contributed by atoms with E-state index in [0.29, 0.717) is 0 Å². The summed E-state index contributed by atoms with van der Waals surface area (Å²) in [5.74, 6) is 0. The van der Waals surface area contributed by atoms with Gasteiger partial charge in [0.25, 0.3) is 10.1 Å². The third kappa shape index (κ3) is 3.82. The monoisotopic (exact) mass is 254 g/mol. The number of benzene rings is 1. The van der Waals surface area contributed by atoms with Gasteiger partial charge in [-0.15, -0.1) is 0 Å². The Morgan fingerprint density at radius 1 is 1.19 bits per heavy atom. The van der Waals surface area contributed by atoms with Gasteiger partial charge >= 0.3 is 6.18 Å². The molecule has 1 rings (SSSR count). The van der Waals surface area contributed by atoms with Gasteiger partial charge in [0.2, 0.25) is 0 Å². The van der Waals surface area contributed by atoms with Crippen LogP contribution < -0.4 is 0 Å². The van der Waals surface area contributed by atoms with Crippen LogP contribution in [0.1, 0.15) is 17.2 Å². The first-order valence-electron chi connectivity index (χ1n) is 4.28. The van der Waals surface area contributed by atoms with Crippen LogP contribution in [0.3, 0.4) is 0 Å². The summed E-state index contributed by atoms with van der Waals surface area (Å²) in [7, 11) is -4.77. The number of halogens is 3. The molecule has 0 fully saturated rings. The second-order valence-electron chi connectivity index (χ2n) is 3.23. The highest BCUT2D eigenvalue weighted by molar-refractivity contribution is 7.86. The molecular formula is C9H9F3O3S. The van der Waals surface area contributed by atoms with Gasteiger partial charge in [0.1, 0.15) is 5.25 Å². The minimum absolute atomic E-state index is 0.0812. The Morgan fingerprint density at radius 2 is 1.69 bits per heavy atom. The molecule has 0 saturated heterocycles. The van der Waals surface area contributed by atoms with E-state index in [-0.39, 0.29) is 5.56 Å². The maximum Gasteiger partial charge on any atom is 0.390 e. The molecule has 0 aliphatic heterocycles. The van der Waals surface area contributed by atoms with Gasteiger partial charge in [0.15, 0.2) is 0 Å². The van der Waals surface area contributed by atoms with Crippen LogP contribution in [0.5, 0.6) is 0 Å². The number of hydrogen-bond acceptors (Lipinski definition) is 2. The summed E-state index contributed by atoms with van der Waals surface area (Å²) in [6.45, 7) is 0. The Bertz CT molecular complexity index is 439. The maximum absolute atomic E-state index is 12.1. The van der Waals surface area contributed by atoms with Crippen LogP contribution in [0.4, 0.5) is 13.2 Å². The Labute approximate surface area is 90.7 Å². The lowest BCUT2D eigenvalue weighted by Gasteiger charge is -2.16. The van der Waals surface area contributed by atoms with Gasteiger partial charge in [-0.2, -0.15) is 21.6 Å². The molecule has 0 aromatic heterocycles. The summed E-state index contributed by atoms with van der Waals surface area (Å²) in [4.78, 5) is 0. The molecule has 0 heterocycles. The summed E-state index contributed by atoms with van der Waals surface area (Å²) in [5, 5.41) is -1.96. The molecule has 0 bridgehead atoms. The van der Waals surface area contributed by atoms with Crippen LogP contribution in [0.25, 0.3) is 0 Å². The van der Waals surface area contributed by atoms with E-state index >= 15 is 0 Å². The largest absolute Gasteiger partial charge is 0.390 e. The molecule has 0 radical (unpaired) electrons. The van der Waals surface area contributed by atoms with Crippen LogP contribution in [0.15, 0.2) is 30.3 Å². The predicted molar refractivity (Wildman–Crippen MR) is 51.4 cm³/mol. The zero-order valence-electron chi connectivity index (χ0n) is 7.98. The SMILES string of the molecule is O=S(=O)(O)C(CC(F)(F)F)c1ccccc1. The summed E-state index contributed by atoms with van der Waals surface area (Å²) in [6, 6.07) is 6.81. The smallest absolute Gasteiger partial charge is 0.285 e. The minimum atomic E-state index is -4.77. The standard InChI is InChI=1S/C9H9F3O3S/c10-9(11,12)6-8(16(13,14)15)7-4-2-1-3-5-7/h1-5,8H,6H2,(H,13,14,15). The number of rotatable bonds is 3. The van der Waals surface area contributed by atoms with Crippen LogP contribution >= 0.6 is 0 Å². The normalized spacial score (nSPS) is 14.8. The Kier molecular flexibility index (Phi) is 3.59. The lowest BCUT2D eigenvalue weighted by molar-refractivity contribution is -0.135. The highest BCUT2D eigenvalue weighted by atomic mass is 32.2. The van der Waals surface area contributed by atoms with E-state index in [0.717, 1.165) is 0 Å². The zero-order chi connectivity index (χ0) is 12.4. The number of alkyl halides is 3. The molecule has 1 atom stereocenters. The van der Waals surface area contributed by atoms with Gasteiger partial charge in [-0.3, -0.25) is 4.55 Å². The summed E-state index contributed by atoms with van der Waals surface area (Å²) in [6.07, 6.45) is -6.26. The third-order valence-electron chi connectivity index (χ3n) is 1.95. The maximum atomic E-state index is 12.1. The quantitative estimate of drug-likeness (QED) is 0.843. The van der Waals surface area contributed by atoms with E-state index < -0.39 is 28.0 Å². The van der Waals surface area contributed by atoms with Crippen LogP contribution in [0, 0.1) is 0 Å². The second-order valence-corrected chi connectivity index (χ2v) is 4.83. The molecule has 0 spiro atoms. The average Bonchev–Trinajstić information content (AvgIpc) is 2.13. The van der Waals surface area contributed by atoms with Crippen LogP contribution in [-0.4, -0.2) is 19.1 Å². The Morgan fingerprint density at radius 3 is 2.06 bits per heavy atom. The Hall–Kier alpha value is -1.08. The molecule has 0 amide bonds. The fourth-order valence-corrected chi connectivity index (χ4v) is 2.17. The van der Waals surface area contributed by atoms with Crippen molar-refractivity contribution in [3.8, 4) is 0 Å². The predicted octanol–water partition coefficient (Wildman–Crippen LogP) is 2.57. The lowest BCUT2D eigenvalue weighted by atomic mass is 10.1. The first-order chi connectivity index (χ1) is 7.20. The zero-order valence-corrected chi connectivity index (χ0v) is 8.79. The minimum Gasteiger partial charge on any atom is -0.285 e. The molecule has 3 nitrogen and oxygen atoms in total. The topological polar surface area (TPSA) is 54.4 Å². The first-order valence-corrected chi connectivity index (χ1v) is 5.78. The molecule has 0 saturated carbocycles. The van der Waals surface area contributed by atoms with Crippen molar-refractivity contribution in [1.29, 1.82) is 0 Å². The molecule has 1 aromatic carbocycles. The van der Waals surface area contributed by atoms with Gasteiger partial charge < -0.3 is 0 Å². The van der Waals surface area contributed by atoms with Crippen molar-refractivity contribution in [3.05, 3.63) is 35.9 Å². The fourth-order valence-electron chi connectivity index (χ4n) is 1.27. The van der Waals surface area contributed by atoms with E-state index in [2.05, 4.69) is 0 Å². The van der Waals surface area contributed by atoms with E-state index in [4.69, 9.17) is 4.55 Å². The van der Waals surface area contributed by atoms with Crippen molar-refractivity contribution in [2.75, 3.05) is 0 Å². The van der Waals surface area contributed by atoms with E-state index in [1.165, 1.54) is 30.3 Å². The van der Waals surface area contributed by atoms with Crippen LogP contribution in [-0.2, 0) is 10.1 Å². The van der Waals surface area contributed by atoms with Crippen molar-refractivity contribution in [1.82, 2.24) is 0 Å². The summed E-state index contributed by atoms with van der Waals surface area (Å²) < 4.78 is 66.9. The fraction of sp³-hybridized carbons (Fsp3) is 0.333. The molecule has 7 heteroatoms. The van der Waals surface area contributed by atoms with Gasteiger partial charge in [-0.25, -0.2) is 0 Å². The van der Waals surface area contributed by atoms with Crippen molar-refractivity contribution < 1.29 is 26.1 Å². The van der Waals surface area contributed by atoms with Gasteiger partial charge in [-0.1, -0.05) is 30.3 Å². The summed E-state index contributed by atoms with van der Waals surface area (Å²) >= 11 is 0. The van der Waals surface area contributed by atoms with Crippen molar-refractivity contribution >= 4 is 10.1 Å². The molecule has 1 aromatic rings. The summed E-state index contributed by atoms with van der Waals surface area (Å²) in [5.41, 5.74) is -0.0812. The molecule has 0 aliphatic carbocycles. The molecule has 90 valence electrons. The molecule has 0 aliphatic rings. The molecule has 16 heavy (non-hydrogen) atoms. The highest BCUT2D eigenvalue weighted by Gasteiger charge is 2.38. The molecule has 1 N–H and O–H groups in total. The van der Waals surface area contributed by atoms with E-state index in [9.17, 15) is 21.6 Å². The van der Waals surface area contributed by atoms with Crippen LogP contribution in [0.2, 0.25) is 0 Å². The number of hydrogen-bond donors (Lipinski definition) is 1. The second kappa shape index (κ2) is 4.42.